The second-order valence-corrected chi connectivity index (χ2v) is 9.07. The maximum atomic E-state index is 12.2. The number of nitrogens with zero attached hydrogens (tertiary/aromatic N) is 1. The van der Waals surface area contributed by atoms with Crippen LogP contribution < -0.4 is 5.32 Å². The van der Waals surface area contributed by atoms with Gasteiger partial charge >= 0.3 is 0 Å². The maximum Gasteiger partial charge on any atom is 0.225 e. The highest BCUT2D eigenvalue weighted by molar-refractivity contribution is 7.16. The third-order valence-corrected chi connectivity index (χ3v) is 7.07. The molecule has 2 rings (SSSR count). The molecule has 0 saturated carbocycles. The van der Waals surface area contributed by atoms with Crippen LogP contribution in [0.15, 0.2) is 0 Å². The molecule has 4 heteroatoms. The first kappa shape index (κ1) is 20.0. The van der Waals surface area contributed by atoms with Crippen molar-refractivity contribution in [1.82, 2.24) is 0 Å². The number of anilines is 1. The summed E-state index contributed by atoms with van der Waals surface area (Å²) in [4.78, 5) is 13.5. The predicted molar refractivity (Wildman–Crippen MR) is 106 cm³/mol. The molecule has 1 aliphatic rings. The third-order valence-electron chi connectivity index (χ3n) is 5.90. The first-order valence-corrected chi connectivity index (χ1v) is 10.6. The number of hydrogen-bond acceptors (Lipinski definition) is 3. The number of nitriles is 1. The van der Waals surface area contributed by atoms with Gasteiger partial charge in [0.1, 0.15) is 11.1 Å². The summed E-state index contributed by atoms with van der Waals surface area (Å²) in [5, 5.41) is 13.4. The molecule has 0 aromatic carbocycles. The number of hydrogen-bond donors (Lipinski definition) is 1. The first-order chi connectivity index (χ1) is 11.9. The lowest BCUT2D eigenvalue weighted by atomic mass is 9.69. The fraction of sp³-hybridized carbons (Fsp3) is 0.714. The van der Waals surface area contributed by atoms with E-state index in [0.717, 1.165) is 42.7 Å². The van der Waals surface area contributed by atoms with Gasteiger partial charge in [0.25, 0.3) is 0 Å². The summed E-state index contributed by atoms with van der Waals surface area (Å²) in [5.41, 5.74) is 2.24. The molecule has 1 aromatic rings. The minimum Gasteiger partial charge on any atom is -0.317 e. The SMILES string of the molecule is CCCCCCC(=O)Nc1sc2c(c1C#N)CCC(C(C)(C)CC)C2. The molecule has 138 valence electrons. The quantitative estimate of drug-likeness (QED) is 0.572. The van der Waals surface area contributed by atoms with Crippen LogP contribution in [0.3, 0.4) is 0 Å². The molecule has 1 aromatic heterocycles. The molecule has 3 nitrogen and oxygen atoms in total. The summed E-state index contributed by atoms with van der Waals surface area (Å²) in [6, 6.07) is 2.35. The molecule has 1 aliphatic carbocycles. The van der Waals surface area contributed by atoms with E-state index < -0.39 is 0 Å². The fourth-order valence-electron chi connectivity index (χ4n) is 3.65. The van der Waals surface area contributed by atoms with Gasteiger partial charge in [-0.05, 0) is 42.6 Å². The van der Waals surface area contributed by atoms with Crippen molar-refractivity contribution in [3.05, 3.63) is 16.0 Å². The predicted octanol–water partition coefficient (Wildman–Crippen LogP) is 6.07. The van der Waals surface area contributed by atoms with Crippen molar-refractivity contribution >= 4 is 22.2 Å². The normalized spacial score (nSPS) is 17.0. The van der Waals surface area contributed by atoms with Gasteiger partial charge in [-0.25, -0.2) is 0 Å². The van der Waals surface area contributed by atoms with Crippen molar-refractivity contribution in [3.8, 4) is 6.07 Å². The molecular weight excluding hydrogens is 328 g/mol. The summed E-state index contributed by atoms with van der Waals surface area (Å²) in [5.74, 6) is 0.712. The molecule has 0 saturated heterocycles. The Balaban J connectivity index is 2.07. The number of rotatable bonds is 8. The van der Waals surface area contributed by atoms with E-state index in [2.05, 4.69) is 39.1 Å². The van der Waals surface area contributed by atoms with E-state index in [0.29, 0.717) is 17.8 Å². The van der Waals surface area contributed by atoms with Crippen LogP contribution in [-0.4, -0.2) is 5.91 Å². The van der Waals surface area contributed by atoms with Crippen LogP contribution in [0.5, 0.6) is 0 Å². The molecule has 1 heterocycles. The van der Waals surface area contributed by atoms with Gasteiger partial charge in [0, 0.05) is 11.3 Å². The number of unbranched alkanes of at least 4 members (excludes halogenated alkanes) is 3. The average Bonchev–Trinajstić information content (AvgIpc) is 2.94. The number of amides is 1. The zero-order chi connectivity index (χ0) is 18.4. The van der Waals surface area contributed by atoms with Gasteiger partial charge in [-0.2, -0.15) is 5.26 Å². The Morgan fingerprint density at radius 1 is 1.32 bits per heavy atom. The molecule has 1 N–H and O–H groups in total. The van der Waals surface area contributed by atoms with Crippen LogP contribution in [0.1, 0.15) is 88.6 Å². The highest BCUT2D eigenvalue weighted by Crippen LogP contribution is 2.45. The van der Waals surface area contributed by atoms with E-state index in [9.17, 15) is 10.1 Å². The summed E-state index contributed by atoms with van der Waals surface area (Å²) in [6.45, 7) is 9.12. The van der Waals surface area contributed by atoms with E-state index >= 15 is 0 Å². The summed E-state index contributed by atoms with van der Waals surface area (Å²) >= 11 is 1.63. The van der Waals surface area contributed by atoms with E-state index in [1.165, 1.54) is 29.7 Å². The van der Waals surface area contributed by atoms with E-state index in [4.69, 9.17) is 0 Å². The van der Waals surface area contributed by atoms with Crippen LogP contribution in [0, 0.1) is 22.7 Å². The smallest absolute Gasteiger partial charge is 0.225 e. The fourth-order valence-corrected chi connectivity index (χ4v) is 4.94. The minimum atomic E-state index is 0.0524. The van der Waals surface area contributed by atoms with Crippen molar-refractivity contribution in [1.29, 1.82) is 5.26 Å². The van der Waals surface area contributed by atoms with E-state index in [-0.39, 0.29) is 5.91 Å². The first-order valence-electron chi connectivity index (χ1n) is 9.77. The molecule has 1 amide bonds. The standard InChI is InChI=1S/C21H32N2OS/c1-5-7-8-9-10-19(24)23-20-17(14-22)16-12-11-15(13-18(16)25-20)21(3,4)6-2/h15H,5-13H2,1-4H3,(H,23,24). The Kier molecular flexibility index (Phi) is 7.07. The van der Waals surface area contributed by atoms with Crippen LogP contribution in [-0.2, 0) is 17.6 Å². The Bertz CT molecular complexity index is 639. The van der Waals surface area contributed by atoms with Crippen molar-refractivity contribution in [3.63, 3.8) is 0 Å². The second kappa shape index (κ2) is 8.85. The van der Waals surface area contributed by atoms with Crippen molar-refractivity contribution < 1.29 is 4.79 Å². The van der Waals surface area contributed by atoms with Gasteiger partial charge in [-0.15, -0.1) is 11.3 Å². The molecule has 0 bridgehead atoms. The highest BCUT2D eigenvalue weighted by atomic mass is 32.1. The van der Waals surface area contributed by atoms with E-state index in [1.807, 2.05) is 0 Å². The molecule has 25 heavy (non-hydrogen) atoms. The number of carbonyl (C=O) groups excluding carboxylic acids is 1. The van der Waals surface area contributed by atoms with Crippen LogP contribution >= 0.6 is 11.3 Å². The van der Waals surface area contributed by atoms with E-state index in [1.54, 1.807) is 11.3 Å². The van der Waals surface area contributed by atoms with Gasteiger partial charge in [-0.3, -0.25) is 4.79 Å². The summed E-state index contributed by atoms with van der Waals surface area (Å²) in [6.07, 6.45) is 9.26. The van der Waals surface area contributed by atoms with Crippen molar-refractivity contribution in [2.24, 2.45) is 11.3 Å². The number of thiophene rings is 1. The Hall–Kier alpha value is -1.34. The topological polar surface area (TPSA) is 52.9 Å². The lowest BCUT2D eigenvalue weighted by Gasteiger charge is -2.36. The molecule has 0 aliphatic heterocycles. The van der Waals surface area contributed by atoms with Crippen molar-refractivity contribution in [2.75, 3.05) is 5.32 Å². The largest absolute Gasteiger partial charge is 0.317 e. The van der Waals surface area contributed by atoms with Crippen LogP contribution in [0.25, 0.3) is 0 Å². The lowest BCUT2D eigenvalue weighted by molar-refractivity contribution is -0.116. The molecule has 0 fully saturated rings. The number of nitrogens with one attached hydrogen (secondary N) is 1. The lowest BCUT2D eigenvalue weighted by Crippen LogP contribution is -2.28. The van der Waals surface area contributed by atoms with Gasteiger partial charge in [0.2, 0.25) is 5.91 Å². The molecule has 1 unspecified atom stereocenters. The van der Waals surface area contributed by atoms with Crippen molar-refractivity contribution in [2.45, 2.75) is 85.5 Å². The average molecular weight is 361 g/mol. The highest BCUT2D eigenvalue weighted by Gasteiger charge is 2.34. The molecular formula is C21H32N2OS. The number of carbonyl (C=O) groups is 1. The van der Waals surface area contributed by atoms with Crippen LogP contribution in [0.4, 0.5) is 5.00 Å². The Morgan fingerprint density at radius 2 is 2.08 bits per heavy atom. The molecule has 0 spiro atoms. The Labute approximate surface area is 156 Å². The summed E-state index contributed by atoms with van der Waals surface area (Å²) < 4.78 is 0. The van der Waals surface area contributed by atoms with Crippen LogP contribution in [0.2, 0.25) is 0 Å². The molecule has 0 radical (unpaired) electrons. The Morgan fingerprint density at radius 3 is 2.72 bits per heavy atom. The minimum absolute atomic E-state index is 0.0524. The monoisotopic (exact) mass is 360 g/mol. The van der Waals surface area contributed by atoms with Gasteiger partial charge in [0.05, 0.1) is 5.56 Å². The van der Waals surface area contributed by atoms with Gasteiger partial charge in [0.15, 0.2) is 0 Å². The zero-order valence-electron chi connectivity index (χ0n) is 16.2. The summed E-state index contributed by atoms with van der Waals surface area (Å²) in [7, 11) is 0. The second-order valence-electron chi connectivity index (χ2n) is 7.96. The maximum absolute atomic E-state index is 12.2. The van der Waals surface area contributed by atoms with Gasteiger partial charge < -0.3 is 5.32 Å². The zero-order valence-corrected chi connectivity index (χ0v) is 17.0. The van der Waals surface area contributed by atoms with Gasteiger partial charge in [-0.1, -0.05) is 53.4 Å². The molecule has 1 atom stereocenters. The third kappa shape index (κ3) is 4.85. The number of fused-ring (bicyclic) bond motifs is 1.